The van der Waals surface area contributed by atoms with Crippen molar-refractivity contribution in [1.29, 1.82) is 0 Å². The largest absolute Gasteiger partial charge is 0.271 e. The number of hydrogen-bond acceptors (Lipinski definition) is 4. The van der Waals surface area contributed by atoms with Crippen LogP contribution in [0, 0.1) is 0 Å². The van der Waals surface area contributed by atoms with Gasteiger partial charge in [-0.25, -0.2) is 15.4 Å². The number of hydrogen-bond donors (Lipinski definition) is 1. The van der Waals surface area contributed by atoms with Crippen LogP contribution >= 0.6 is 11.6 Å². The van der Waals surface area contributed by atoms with Gasteiger partial charge >= 0.3 is 0 Å². The van der Waals surface area contributed by atoms with E-state index in [1.54, 1.807) is 6.08 Å². The van der Waals surface area contributed by atoms with Crippen molar-refractivity contribution in [3.63, 3.8) is 0 Å². The molecule has 0 unspecified atom stereocenters. The number of halogens is 1. The molecule has 26 heavy (non-hydrogen) atoms. The van der Waals surface area contributed by atoms with Gasteiger partial charge in [-0.3, -0.25) is 5.01 Å². The van der Waals surface area contributed by atoms with Crippen LogP contribution in [-0.2, 0) is 0 Å². The van der Waals surface area contributed by atoms with Gasteiger partial charge in [-0.05, 0) is 31.9 Å². The molecule has 1 heterocycles. The van der Waals surface area contributed by atoms with Crippen molar-refractivity contribution in [2.24, 2.45) is 9.98 Å². The molecule has 0 radical (unpaired) electrons. The Kier molecular flexibility index (Phi) is 13.2. The van der Waals surface area contributed by atoms with E-state index in [2.05, 4.69) is 36.1 Å². The first-order chi connectivity index (χ1) is 12.6. The van der Waals surface area contributed by atoms with Crippen LogP contribution in [0.4, 0.5) is 0 Å². The summed E-state index contributed by atoms with van der Waals surface area (Å²) in [4.78, 5) is 9.22. The van der Waals surface area contributed by atoms with Crippen LogP contribution in [0.25, 0.3) is 0 Å². The first-order valence-corrected chi connectivity index (χ1v) is 9.50. The predicted molar refractivity (Wildman–Crippen MR) is 118 cm³/mol. The number of nitrogens with zero attached hydrogens (tertiary/aromatic N) is 3. The number of rotatable bonds is 5. The maximum Gasteiger partial charge on any atom is 0.140 e. The molecule has 0 aromatic carbocycles. The smallest absolute Gasteiger partial charge is 0.140 e. The Labute approximate surface area is 164 Å². The first kappa shape index (κ1) is 24.1. The summed E-state index contributed by atoms with van der Waals surface area (Å²) >= 11 is 6.49. The van der Waals surface area contributed by atoms with Crippen molar-refractivity contribution >= 4 is 22.5 Å². The second kappa shape index (κ2) is 14.3. The van der Waals surface area contributed by atoms with Gasteiger partial charge in [-0.2, -0.15) is 0 Å². The highest BCUT2D eigenvalue weighted by molar-refractivity contribution is 6.70. The van der Waals surface area contributed by atoms with Gasteiger partial charge in [0.15, 0.2) is 0 Å². The zero-order valence-corrected chi connectivity index (χ0v) is 17.8. The van der Waals surface area contributed by atoms with Gasteiger partial charge in [-0.15, -0.1) is 0 Å². The summed E-state index contributed by atoms with van der Waals surface area (Å²) in [5.74, 6) is 0.857. The van der Waals surface area contributed by atoms with Gasteiger partial charge in [0.25, 0.3) is 0 Å². The van der Waals surface area contributed by atoms with E-state index in [1.165, 1.54) is 0 Å². The summed E-state index contributed by atoms with van der Waals surface area (Å²) < 4.78 is 0. The van der Waals surface area contributed by atoms with Crippen molar-refractivity contribution in [2.75, 3.05) is 13.7 Å². The zero-order valence-electron chi connectivity index (χ0n) is 17.0. The van der Waals surface area contributed by atoms with E-state index in [0.717, 1.165) is 29.1 Å². The molecule has 0 atom stereocenters. The van der Waals surface area contributed by atoms with Crippen LogP contribution in [0.3, 0.4) is 0 Å². The lowest BCUT2D eigenvalue weighted by Gasteiger charge is -2.23. The van der Waals surface area contributed by atoms with Crippen LogP contribution in [0.5, 0.6) is 0 Å². The van der Waals surface area contributed by atoms with Crippen LogP contribution in [0.2, 0.25) is 0 Å². The van der Waals surface area contributed by atoms with Crippen molar-refractivity contribution in [1.82, 2.24) is 10.4 Å². The van der Waals surface area contributed by atoms with Gasteiger partial charge in [0.1, 0.15) is 17.7 Å². The fraction of sp³-hybridized carbons (Fsp3) is 0.429. The maximum absolute atomic E-state index is 6.49. The van der Waals surface area contributed by atoms with E-state index in [0.29, 0.717) is 18.3 Å². The molecule has 1 N–H and O–H groups in total. The van der Waals surface area contributed by atoms with E-state index >= 15 is 0 Å². The van der Waals surface area contributed by atoms with Gasteiger partial charge < -0.3 is 0 Å². The molecule has 5 heteroatoms. The van der Waals surface area contributed by atoms with Crippen LogP contribution in [0.15, 0.2) is 70.0 Å². The average Bonchev–Trinajstić information content (AvgIpc) is 2.65. The highest BCUT2D eigenvalue weighted by Gasteiger charge is 2.12. The predicted octanol–water partition coefficient (Wildman–Crippen LogP) is 5.77. The molecule has 0 fully saturated rings. The Morgan fingerprint density at radius 2 is 2.12 bits per heavy atom. The Bertz CT molecular complexity index is 622. The van der Waals surface area contributed by atoms with E-state index < -0.39 is 0 Å². The summed E-state index contributed by atoms with van der Waals surface area (Å²) in [6.45, 7) is 14.3. The first-order valence-electron chi connectivity index (χ1n) is 9.12. The lowest BCUT2D eigenvalue weighted by molar-refractivity contribution is 0.276. The van der Waals surface area contributed by atoms with E-state index in [-0.39, 0.29) is 0 Å². The normalized spacial score (nSPS) is 24.0. The van der Waals surface area contributed by atoms with Crippen LogP contribution < -0.4 is 5.43 Å². The van der Waals surface area contributed by atoms with E-state index in [1.807, 2.05) is 58.0 Å². The summed E-state index contributed by atoms with van der Waals surface area (Å²) in [5, 5.41) is 2.35. The van der Waals surface area contributed by atoms with Crippen LogP contribution in [-0.4, -0.2) is 29.6 Å². The van der Waals surface area contributed by atoms with Crippen LogP contribution in [0.1, 0.15) is 47.5 Å². The standard InChI is InChI=1S/C19H27ClN4.C2H6/c1-6-9-11-16(8-3)17-13-12-15(4)23-18(10-7-2)24(21-5)14-22-19(17)20;1-2/h6,8-11,13,21H,3,7,12,14H2,1-2,4-5H3;1-2H3/b9-6-,16-11+,17-13-,18-10-,22-19+,23-15-;. The van der Waals surface area contributed by atoms with Gasteiger partial charge in [0, 0.05) is 24.8 Å². The molecule has 0 spiro atoms. The highest BCUT2D eigenvalue weighted by atomic mass is 35.5. The molecule has 144 valence electrons. The quantitative estimate of drug-likeness (QED) is 0.618. The number of hydrazine groups is 1. The monoisotopic (exact) mass is 376 g/mol. The zero-order chi connectivity index (χ0) is 19.9. The minimum atomic E-state index is 0.378. The molecular formula is C21H33ClN4. The Morgan fingerprint density at radius 3 is 2.65 bits per heavy atom. The molecule has 4 nitrogen and oxygen atoms in total. The fourth-order valence-corrected chi connectivity index (χ4v) is 2.39. The van der Waals surface area contributed by atoms with Gasteiger partial charge in [0.2, 0.25) is 0 Å². The summed E-state index contributed by atoms with van der Waals surface area (Å²) in [7, 11) is 1.85. The second-order valence-electron chi connectivity index (χ2n) is 5.23. The topological polar surface area (TPSA) is 40.0 Å². The molecule has 0 saturated carbocycles. The minimum absolute atomic E-state index is 0.378. The summed E-state index contributed by atoms with van der Waals surface area (Å²) in [5.41, 5.74) is 5.94. The molecule has 1 aliphatic heterocycles. The third-order valence-corrected chi connectivity index (χ3v) is 3.74. The summed E-state index contributed by atoms with van der Waals surface area (Å²) in [6, 6.07) is 0. The number of allylic oxidation sites excluding steroid dienone is 8. The van der Waals surface area contributed by atoms with Gasteiger partial charge in [0.05, 0.1) is 0 Å². The lowest BCUT2D eigenvalue weighted by Crippen LogP contribution is -2.34. The molecule has 0 amide bonds. The Hall–Kier alpha value is -1.91. The maximum atomic E-state index is 6.49. The molecule has 0 aromatic rings. The third kappa shape index (κ3) is 7.98. The third-order valence-electron chi connectivity index (χ3n) is 3.41. The Balaban J connectivity index is 0.00000301. The van der Waals surface area contributed by atoms with E-state index in [4.69, 9.17) is 16.6 Å². The van der Waals surface area contributed by atoms with Crippen molar-refractivity contribution in [3.8, 4) is 0 Å². The molecule has 1 rings (SSSR count). The van der Waals surface area contributed by atoms with Crippen molar-refractivity contribution in [2.45, 2.75) is 47.5 Å². The minimum Gasteiger partial charge on any atom is -0.271 e. The lowest BCUT2D eigenvalue weighted by atomic mass is 10.0. The molecule has 0 saturated heterocycles. The van der Waals surface area contributed by atoms with Gasteiger partial charge in [-0.1, -0.05) is 69.3 Å². The van der Waals surface area contributed by atoms with Crippen molar-refractivity contribution < 1.29 is 0 Å². The van der Waals surface area contributed by atoms with E-state index in [9.17, 15) is 0 Å². The number of nitrogens with one attached hydrogen (secondary N) is 1. The molecule has 0 aromatic heterocycles. The summed E-state index contributed by atoms with van der Waals surface area (Å²) in [6.07, 6.45) is 13.4. The number of aliphatic imine (C=N–C) groups is 2. The fourth-order valence-electron chi connectivity index (χ4n) is 2.15. The molecule has 0 bridgehead atoms. The molecular weight excluding hydrogens is 344 g/mol. The highest BCUT2D eigenvalue weighted by Crippen LogP contribution is 2.19. The molecule has 1 aliphatic rings. The SMILES string of the molecule is C=CC(=C\C=C/C)/C1=C/C/C(C)=N\C(=C\CC)N(NC)C/N=C\1Cl.CC. The van der Waals surface area contributed by atoms with Crippen molar-refractivity contribution in [3.05, 3.63) is 60.0 Å². The Morgan fingerprint density at radius 1 is 1.42 bits per heavy atom. The molecule has 0 aliphatic carbocycles. The second-order valence-corrected chi connectivity index (χ2v) is 5.59. The average molecular weight is 377 g/mol.